The minimum absolute atomic E-state index is 0.412. The second kappa shape index (κ2) is 6.32. The van der Waals surface area contributed by atoms with Crippen LogP contribution >= 0.6 is 35.0 Å². The highest BCUT2D eigenvalue weighted by Gasteiger charge is 2.04. The molecule has 0 fully saturated rings. The molecule has 2 rings (SSSR count). The van der Waals surface area contributed by atoms with E-state index in [1.165, 1.54) is 0 Å². The molecule has 0 spiro atoms. The summed E-state index contributed by atoms with van der Waals surface area (Å²) in [6.45, 7) is 0. The van der Waals surface area contributed by atoms with Crippen molar-refractivity contribution in [2.45, 2.75) is 10.6 Å². The molecule has 0 saturated heterocycles. The molecule has 1 heterocycles. The molecule has 0 unspecified atom stereocenters. The third-order valence-corrected chi connectivity index (χ3v) is 3.91. The van der Waals surface area contributed by atoms with Crippen LogP contribution < -0.4 is 4.74 Å². The van der Waals surface area contributed by atoms with Gasteiger partial charge in [-0.3, -0.25) is 0 Å². The van der Waals surface area contributed by atoms with Gasteiger partial charge in [0, 0.05) is 10.6 Å². The van der Waals surface area contributed by atoms with Crippen LogP contribution in [0.1, 0.15) is 5.56 Å². The second-order valence-electron chi connectivity index (χ2n) is 3.55. The van der Waals surface area contributed by atoms with Crippen LogP contribution in [0.5, 0.6) is 5.75 Å². The summed E-state index contributed by atoms with van der Waals surface area (Å²) < 4.78 is 5.18. The van der Waals surface area contributed by atoms with E-state index in [1.54, 1.807) is 24.9 Å². The number of ether oxygens (including phenoxy) is 1. The van der Waals surface area contributed by atoms with Crippen LogP contribution in [0.2, 0.25) is 10.3 Å². The number of thioether (sulfide) groups is 1. The largest absolute Gasteiger partial charge is 0.497 e. The van der Waals surface area contributed by atoms with Gasteiger partial charge in [-0.15, -0.1) is 11.8 Å². The fraction of sp³-hybridized carbons (Fsp3) is 0.154. The van der Waals surface area contributed by atoms with Gasteiger partial charge in [-0.2, -0.15) is 0 Å². The van der Waals surface area contributed by atoms with E-state index in [0.29, 0.717) is 10.3 Å². The smallest absolute Gasteiger partial charge is 0.134 e. The standard InChI is InChI=1S/C13H11Cl2NOS/c1-17-10-3-2-4-11(7-10)18-8-9-5-6-12(14)16-13(9)15/h2-7H,8H2,1H3. The molecule has 0 atom stereocenters. The molecule has 2 nitrogen and oxygen atoms in total. The summed E-state index contributed by atoms with van der Waals surface area (Å²) in [4.78, 5) is 5.14. The summed E-state index contributed by atoms with van der Waals surface area (Å²) in [5, 5.41) is 0.869. The molecule has 0 bridgehead atoms. The van der Waals surface area contributed by atoms with Crippen LogP contribution in [0, 0.1) is 0 Å². The predicted octanol–water partition coefficient (Wildman–Crippen LogP) is 4.69. The second-order valence-corrected chi connectivity index (χ2v) is 5.35. The zero-order chi connectivity index (χ0) is 13.0. The number of hydrogen-bond donors (Lipinski definition) is 0. The molecule has 2 aromatic rings. The number of benzene rings is 1. The van der Waals surface area contributed by atoms with Crippen molar-refractivity contribution in [3.63, 3.8) is 0 Å². The van der Waals surface area contributed by atoms with Crippen molar-refractivity contribution in [3.8, 4) is 5.75 Å². The van der Waals surface area contributed by atoms with Crippen LogP contribution in [0.25, 0.3) is 0 Å². The Morgan fingerprint density at radius 3 is 2.78 bits per heavy atom. The Kier molecular flexibility index (Phi) is 4.75. The van der Waals surface area contributed by atoms with Crippen molar-refractivity contribution < 1.29 is 4.74 Å². The molecule has 0 saturated carbocycles. The molecule has 94 valence electrons. The molecular weight excluding hydrogens is 289 g/mol. The van der Waals surface area contributed by atoms with Crippen molar-refractivity contribution in [3.05, 3.63) is 52.3 Å². The Morgan fingerprint density at radius 2 is 2.06 bits per heavy atom. The van der Waals surface area contributed by atoms with Crippen LogP contribution in [-0.4, -0.2) is 12.1 Å². The summed E-state index contributed by atoms with van der Waals surface area (Å²) >= 11 is 13.5. The maximum Gasteiger partial charge on any atom is 0.134 e. The highest BCUT2D eigenvalue weighted by molar-refractivity contribution is 7.98. The Labute approximate surface area is 120 Å². The lowest BCUT2D eigenvalue weighted by atomic mass is 10.3. The van der Waals surface area contributed by atoms with Gasteiger partial charge in [-0.25, -0.2) is 4.98 Å². The molecule has 0 aliphatic rings. The number of nitrogens with zero attached hydrogens (tertiary/aromatic N) is 1. The van der Waals surface area contributed by atoms with Gasteiger partial charge in [0.25, 0.3) is 0 Å². The molecule has 0 amide bonds. The number of aromatic nitrogens is 1. The monoisotopic (exact) mass is 299 g/mol. The lowest BCUT2D eigenvalue weighted by molar-refractivity contribution is 0.413. The summed E-state index contributed by atoms with van der Waals surface area (Å²) in [6, 6.07) is 11.5. The normalized spacial score (nSPS) is 10.4. The predicted molar refractivity (Wildman–Crippen MR) is 76.8 cm³/mol. The Bertz CT molecular complexity index is 548. The first-order valence-corrected chi connectivity index (χ1v) is 7.01. The minimum Gasteiger partial charge on any atom is -0.497 e. The average molecular weight is 300 g/mol. The van der Waals surface area contributed by atoms with E-state index in [1.807, 2.05) is 30.3 Å². The molecule has 0 aliphatic carbocycles. The molecule has 0 N–H and O–H groups in total. The van der Waals surface area contributed by atoms with E-state index in [0.717, 1.165) is 22.0 Å². The minimum atomic E-state index is 0.412. The summed E-state index contributed by atoms with van der Waals surface area (Å²) in [5.74, 6) is 1.59. The first-order chi connectivity index (χ1) is 8.69. The van der Waals surface area contributed by atoms with Crippen LogP contribution in [0.3, 0.4) is 0 Å². The van der Waals surface area contributed by atoms with Crippen LogP contribution in [0.4, 0.5) is 0 Å². The van der Waals surface area contributed by atoms with E-state index >= 15 is 0 Å². The molecule has 0 aliphatic heterocycles. The van der Waals surface area contributed by atoms with E-state index in [-0.39, 0.29) is 0 Å². The average Bonchev–Trinajstić information content (AvgIpc) is 2.38. The summed E-state index contributed by atoms with van der Waals surface area (Å²) in [7, 11) is 1.66. The molecule has 0 radical (unpaired) electrons. The Balaban J connectivity index is 2.06. The fourth-order valence-corrected chi connectivity index (χ4v) is 2.82. The topological polar surface area (TPSA) is 22.1 Å². The molecule has 1 aromatic heterocycles. The van der Waals surface area contributed by atoms with Crippen molar-refractivity contribution in [1.82, 2.24) is 4.98 Å². The zero-order valence-electron chi connectivity index (χ0n) is 9.69. The van der Waals surface area contributed by atoms with E-state index in [2.05, 4.69) is 4.98 Å². The van der Waals surface area contributed by atoms with Crippen LogP contribution in [-0.2, 0) is 5.75 Å². The highest BCUT2D eigenvalue weighted by Crippen LogP contribution is 2.28. The summed E-state index contributed by atoms with van der Waals surface area (Å²) in [6.07, 6.45) is 0. The van der Waals surface area contributed by atoms with Gasteiger partial charge < -0.3 is 4.74 Å². The Hall–Kier alpha value is -0.900. The lowest BCUT2D eigenvalue weighted by Crippen LogP contribution is -1.87. The van der Waals surface area contributed by atoms with Gasteiger partial charge in [0.2, 0.25) is 0 Å². The molecule has 1 aromatic carbocycles. The summed E-state index contributed by atoms with van der Waals surface area (Å²) in [5.41, 5.74) is 0.967. The van der Waals surface area contributed by atoms with E-state index < -0.39 is 0 Å². The SMILES string of the molecule is COc1cccc(SCc2ccc(Cl)nc2Cl)c1. The van der Waals surface area contributed by atoms with E-state index in [4.69, 9.17) is 27.9 Å². The molecule has 18 heavy (non-hydrogen) atoms. The lowest BCUT2D eigenvalue weighted by Gasteiger charge is -2.05. The number of halogens is 2. The molecule has 5 heteroatoms. The van der Waals surface area contributed by atoms with Crippen molar-refractivity contribution >= 4 is 35.0 Å². The number of hydrogen-bond acceptors (Lipinski definition) is 3. The van der Waals surface area contributed by atoms with Gasteiger partial charge in [0.15, 0.2) is 0 Å². The maximum absolute atomic E-state index is 6.02. The van der Waals surface area contributed by atoms with Crippen LogP contribution in [0.15, 0.2) is 41.3 Å². The van der Waals surface area contributed by atoms with E-state index in [9.17, 15) is 0 Å². The number of pyridine rings is 1. The van der Waals surface area contributed by atoms with Gasteiger partial charge in [-0.1, -0.05) is 35.3 Å². The van der Waals surface area contributed by atoms with Crippen molar-refractivity contribution in [2.75, 3.05) is 7.11 Å². The third kappa shape index (κ3) is 3.55. The quantitative estimate of drug-likeness (QED) is 0.604. The zero-order valence-corrected chi connectivity index (χ0v) is 12.0. The Morgan fingerprint density at radius 1 is 1.22 bits per heavy atom. The van der Waals surface area contributed by atoms with Crippen molar-refractivity contribution in [2.24, 2.45) is 0 Å². The first-order valence-electron chi connectivity index (χ1n) is 5.27. The van der Waals surface area contributed by atoms with Crippen molar-refractivity contribution in [1.29, 1.82) is 0 Å². The highest BCUT2D eigenvalue weighted by atomic mass is 35.5. The van der Waals surface area contributed by atoms with Gasteiger partial charge >= 0.3 is 0 Å². The van der Waals surface area contributed by atoms with Gasteiger partial charge in [0.05, 0.1) is 7.11 Å². The van der Waals surface area contributed by atoms with Gasteiger partial charge in [0.1, 0.15) is 16.1 Å². The third-order valence-electron chi connectivity index (χ3n) is 2.33. The first kappa shape index (κ1) is 13.5. The maximum atomic E-state index is 6.02. The fourth-order valence-electron chi connectivity index (χ4n) is 1.40. The number of rotatable bonds is 4. The number of methoxy groups -OCH3 is 1. The van der Waals surface area contributed by atoms with Gasteiger partial charge in [-0.05, 0) is 29.8 Å². The molecular formula is C13H11Cl2NOS.